The lowest BCUT2D eigenvalue weighted by atomic mass is 10.00. The van der Waals surface area contributed by atoms with Crippen molar-refractivity contribution in [2.75, 3.05) is 0 Å². The molecule has 0 amide bonds. The Morgan fingerprint density at radius 1 is 1.17 bits per heavy atom. The molecule has 66 valence electrons. The number of benzene rings is 1. The second kappa shape index (κ2) is 4.10. The summed E-state index contributed by atoms with van der Waals surface area (Å²) in [6.45, 7) is 4.35. The molecule has 0 bridgehead atoms. The molecule has 0 nitrogen and oxygen atoms in total. The van der Waals surface area contributed by atoms with E-state index < -0.39 is 0 Å². The molecule has 0 radical (unpaired) electrons. The lowest BCUT2D eigenvalue weighted by molar-refractivity contribution is 1.18. The van der Waals surface area contributed by atoms with Crippen LogP contribution in [0.25, 0.3) is 0 Å². The Morgan fingerprint density at radius 3 is 2.17 bits per heavy atom. The highest BCUT2D eigenvalue weighted by atomic mass is 35.5. The van der Waals surface area contributed by atoms with E-state index in [2.05, 4.69) is 26.0 Å². The summed E-state index contributed by atoms with van der Waals surface area (Å²) in [6.07, 6.45) is 0. The van der Waals surface area contributed by atoms with Crippen molar-refractivity contribution in [1.82, 2.24) is 0 Å². The Kier molecular flexibility index (Phi) is 3.36. The van der Waals surface area contributed by atoms with Gasteiger partial charge in [-0.05, 0) is 42.1 Å². The first-order chi connectivity index (χ1) is 5.70. The molecule has 1 aromatic carbocycles. The largest absolute Gasteiger partial charge is 0.122 e. The van der Waals surface area contributed by atoms with Gasteiger partial charge in [-0.2, -0.15) is 0 Å². The highest BCUT2D eigenvalue weighted by Gasteiger charge is 2.03. The maximum atomic E-state index is 5.81. The minimum Gasteiger partial charge on any atom is -0.122 e. The highest BCUT2D eigenvalue weighted by molar-refractivity contribution is 6.17. The van der Waals surface area contributed by atoms with Gasteiger partial charge in [0.05, 0.1) is 0 Å². The van der Waals surface area contributed by atoms with E-state index in [1.54, 1.807) is 0 Å². The second-order valence-corrected chi connectivity index (χ2v) is 4.10. The third-order valence-corrected chi connectivity index (χ3v) is 3.59. The van der Waals surface area contributed by atoms with Crippen molar-refractivity contribution in [1.29, 1.82) is 0 Å². The zero-order valence-corrected chi connectivity index (χ0v) is 10.7. The predicted molar refractivity (Wildman–Crippen MR) is 59.1 cm³/mol. The van der Waals surface area contributed by atoms with Crippen LogP contribution in [0.5, 0.6) is 0 Å². The summed E-state index contributed by atoms with van der Waals surface area (Å²) in [7, 11) is 1.24. The van der Waals surface area contributed by atoms with Crippen molar-refractivity contribution >= 4 is 21.8 Å². The normalized spacial score (nSPS) is 10.6. The Bertz CT molecular complexity index is 252. The molecule has 0 saturated heterocycles. The molecular formula is C10H15ClSi. The number of hydrogen-bond acceptors (Lipinski definition) is 0. The van der Waals surface area contributed by atoms with Crippen LogP contribution in [0.15, 0.2) is 12.1 Å². The summed E-state index contributed by atoms with van der Waals surface area (Å²) in [4.78, 5) is 0. The number of hydrogen-bond donors (Lipinski definition) is 0. The van der Waals surface area contributed by atoms with Crippen molar-refractivity contribution in [3.8, 4) is 0 Å². The second-order valence-electron chi connectivity index (χ2n) is 3.12. The Morgan fingerprint density at radius 2 is 1.67 bits per heavy atom. The minimum absolute atomic E-state index is 0.633. The van der Waals surface area contributed by atoms with Crippen molar-refractivity contribution in [2.24, 2.45) is 0 Å². The van der Waals surface area contributed by atoms with E-state index in [4.69, 9.17) is 11.6 Å². The van der Waals surface area contributed by atoms with Gasteiger partial charge < -0.3 is 0 Å². The molecule has 0 fully saturated rings. The van der Waals surface area contributed by atoms with Gasteiger partial charge in [-0.15, -0.1) is 11.6 Å². The van der Waals surface area contributed by atoms with Crippen LogP contribution < -0.4 is 0 Å². The van der Waals surface area contributed by atoms with E-state index in [-0.39, 0.29) is 0 Å². The zero-order valence-electron chi connectivity index (χ0n) is 7.95. The first-order valence-corrected chi connectivity index (χ1v) is 6.29. The van der Waals surface area contributed by atoms with Crippen LogP contribution in [-0.4, -0.2) is 10.2 Å². The fraction of sp³-hybridized carbons (Fsp3) is 0.400. The molecule has 1 rings (SSSR count). The number of rotatable bonds is 2. The summed E-state index contributed by atoms with van der Waals surface area (Å²) in [5, 5.41) is 0. The fourth-order valence-corrected chi connectivity index (χ4v) is 2.52. The summed E-state index contributed by atoms with van der Waals surface area (Å²) >= 11 is 5.81. The molecule has 0 N–H and O–H groups in total. The molecule has 0 aromatic heterocycles. The van der Waals surface area contributed by atoms with E-state index in [1.807, 2.05) is 0 Å². The molecule has 0 heterocycles. The van der Waals surface area contributed by atoms with Gasteiger partial charge in [0, 0.05) is 16.1 Å². The lowest BCUT2D eigenvalue weighted by Crippen LogP contribution is -1.95. The van der Waals surface area contributed by atoms with Gasteiger partial charge >= 0.3 is 0 Å². The molecule has 0 aliphatic heterocycles. The molecule has 0 aliphatic rings. The van der Waals surface area contributed by atoms with Gasteiger partial charge in [0.2, 0.25) is 0 Å². The standard InChI is InChI=1S/C10H15ClSi/c1-7-8(2)10(6-12)4-3-9(7)5-11/h3-4H,5-6H2,1-2,12H3. The Balaban J connectivity index is 3.20. The first kappa shape index (κ1) is 9.81. The van der Waals surface area contributed by atoms with Crippen LogP contribution in [0.1, 0.15) is 22.3 Å². The molecule has 0 unspecified atom stereocenters. The summed E-state index contributed by atoms with van der Waals surface area (Å²) in [5.74, 6) is 0.633. The predicted octanol–water partition coefficient (Wildman–Crippen LogP) is 1.91. The van der Waals surface area contributed by atoms with Gasteiger partial charge in [0.15, 0.2) is 0 Å². The van der Waals surface area contributed by atoms with Crippen LogP contribution in [0.4, 0.5) is 0 Å². The van der Waals surface area contributed by atoms with E-state index in [9.17, 15) is 0 Å². The van der Waals surface area contributed by atoms with Gasteiger partial charge in [-0.3, -0.25) is 0 Å². The number of halogens is 1. The SMILES string of the molecule is Cc1c(C[SiH3])ccc(CCl)c1C. The van der Waals surface area contributed by atoms with Crippen LogP contribution in [0.3, 0.4) is 0 Å². The van der Waals surface area contributed by atoms with Crippen molar-refractivity contribution < 1.29 is 0 Å². The van der Waals surface area contributed by atoms with E-state index in [0.29, 0.717) is 5.88 Å². The number of alkyl halides is 1. The maximum Gasteiger partial charge on any atom is 0.0476 e. The Labute approximate surface area is 82.4 Å². The van der Waals surface area contributed by atoms with Gasteiger partial charge in [-0.25, -0.2) is 0 Å². The minimum atomic E-state index is 0.633. The van der Waals surface area contributed by atoms with Gasteiger partial charge in [0.25, 0.3) is 0 Å². The molecule has 0 aliphatic carbocycles. The molecule has 0 saturated carbocycles. The molecule has 0 spiro atoms. The molecule has 2 heteroatoms. The van der Waals surface area contributed by atoms with Crippen molar-refractivity contribution in [3.05, 3.63) is 34.4 Å². The third-order valence-electron chi connectivity index (χ3n) is 2.54. The van der Waals surface area contributed by atoms with Crippen LogP contribution in [0.2, 0.25) is 0 Å². The average molecular weight is 199 g/mol. The highest BCUT2D eigenvalue weighted by Crippen LogP contribution is 2.18. The fourth-order valence-electron chi connectivity index (χ4n) is 1.46. The smallest absolute Gasteiger partial charge is 0.0476 e. The van der Waals surface area contributed by atoms with E-state index in [1.165, 1.54) is 38.5 Å². The maximum absolute atomic E-state index is 5.81. The topological polar surface area (TPSA) is 0 Å². The van der Waals surface area contributed by atoms with Crippen molar-refractivity contribution in [3.63, 3.8) is 0 Å². The molecule has 0 atom stereocenters. The summed E-state index contributed by atoms with van der Waals surface area (Å²) < 4.78 is 0. The third kappa shape index (κ3) is 1.72. The summed E-state index contributed by atoms with van der Waals surface area (Å²) in [5.41, 5.74) is 5.57. The van der Waals surface area contributed by atoms with Crippen LogP contribution in [0, 0.1) is 13.8 Å². The quantitative estimate of drug-likeness (QED) is 0.503. The monoisotopic (exact) mass is 198 g/mol. The molecule has 12 heavy (non-hydrogen) atoms. The average Bonchev–Trinajstić information content (AvgIpc) is 2.10. The molecule has 1 aromatic rings. The van der Waals surface area contributed by atoms with Crippen LogP contribution >= 0.6 is 11.6 Å². The zero-order chi connectivity index (χ0) is 9.14. The summed E-state index contributed by atoms with van der Waals surface area (Å²) in [6, 6.07) is 5.62. The van der Waals surface area contributed by atoms with Gasteiger partial charge in [-0.1, -0.05) is 12.1 Å². The van der Waals surface area contributed by atoms with Crippen LogP contribution in [-0.2, 0) is 11.9 Å². The van der Waals surface area contributed by atoms with E-state index in [0.717, 1.165) is 0 Å². The molecular weight excluding hydrogens is 184 g/mol. The lowest BCUT2D eigenvalue weighted by Gasteiger charge is -2.10. The van der Waals surface area contributed by atoms with Crippen molar-refractivity contribution in [2.45, 2.75) is 25.8 Å². The Hall–Kier alpha value is -0.273. The van der Waals surface area contributed by atoms with E-state index >= 15 is 0 Å². The van der Waals surface area contributed by atoms with Gasteiger partial charge in [0.1, 0.15) is 0 Å². The first-order valence-electron chi connectivity index (χ1n) is 4.34.